The molecule has 1 heterocycles. The highest BCUT2D eigenvalue weighted by atomic mass is 32.2. The number of sulfone groups is 1. The molecule has 0 saturated heterocycles. The zero-order valence-electron chi connectivity index (χ0n) is 16.7. The van der Waals surface area contributed by atoms with E-state index >= 15 is 0 Å². The molecule has 0 aliphatic carbocycles. The third-order valence-corrected chi connectivity index (χ3v) is 7.28. The molecule has 0 radical (unpaired) electrons. The van der Waals surface area contributed by atoms with Gasteiger partial charge in [-0.15, -0.1) is 17.9 Å². The lowest BCUT2D eigenvalue weighted by Gasteiger charge is -2.04. The first kappa shape index (κ1) is 23.2. The van der Waals surface area contributed by atoms with Crippen molar-refractivity contribution in [3.05, 3.63) is 72.2 Å². The van der Waals surface area contributed by atoms with E-state index in [9.17, 15) is 13.2 Å². The Morgan fingerprint density at radius 3 is 2.81 bits per heavy atom. The highest BCUT2D eigenvalue weighted by molar-refractivity contribution is 8.01. The SMILES string of the molecule is C=CCOCCSc1nc2ccc(NC(=O)CS(=O)(=O)C=Cc3ccccc3)cc2s1. The summed E-state index contributed by atoms with van der Waals surface area (Å²) in [7, 11) is -3.68. The highest BCUT2D eigenvalue weighted by Crippen LogP contribution is 2.31. The molecule has 0 bridgehead atoms. The van der Waals surface area contributed by atoms with Crippen LogP contribution < -0.4 is 5.32 Å². The minimum Gasteiger partial charge on any atom is -0.377 e. The number of carbonyl (C=O) groups excluding carboxylic acids is 1. The predicted octanol–water partition coefficient (Wildman–Crippen LogP) is 4.62. The van der Waals surface area contributed by atoms with Gasteiger partial charge in [-0.05, 0) is 29.8 Å². The number of rotatable bonds is 11. The Bertz CT molecular complexity index is 1170. The van der Waals surface area contributed by atoms with Gasteiger partial charge < -0.3 is 10.1 Å². The minimum atomic E-state index is -3.68. The number of nitrogens with one attached hydrogen (secondary N) is 1. The first-order valence-electron chi connectivity index (χ1n) is 9.43. The molecule has 9 heteroatoms. The number of aromatic nitrogens is 1. The number of nitrogens with zero attached hydrogens (tertiary/aromatic N) is 1. The van der Waals surface area contributed by atoms with Crippen molar-refractivity contribution in [1.82, 2.24) is 4.98 Å². The van der Waals surface area contributed by atoms with Crippen LogP contribution >= 0.6 is 23.1 Å². The lowest BCUT2D eigenvalue weighted by atomic mass is 10.2. The maximum atomic E-state index is 12.2. The van der Waals surface area contributed by atoms with Crippen LogP contribution in [0, 0.1) is 0 Å². The van der Waals surface area contributed by atoms with Crippen molar-refractivity contribution in [3.63, 3.8) is 0 Å². The first-order chi connectivity index (χ1) is 14.9. The normalized spacial score (nSPS) is 11.7. The average Bonchev–Trinajstić information content (AvgIpc) is 3.14. The summed E-state index contributed by atoms with van der Waals surface area (Å²) >= 11 is 3.12. The van der Waals surface area contributed by atoms with E-state index < -0.39 is 21.5 Å². The molecule has 1 amide bonds. The van der Waals surface area contributed by atoms with Crippen LogP contribution in [0.5, 0.6) is 0 Å². The van der Waals surface area contributed by atoms with Crippen LogP contribution in [0.25, 0.3) is 16.3 Å². The maximum Gasteiger partial charge on any atom is 0.239 e. The van der Waals surface area contributed by atoms with Crippen molar-refractivity contribution in [3.8, 4) is 0 Å². The quantitative estimate of drug-likeness (QED) is 0.248. The maximum absolute atomic E-state index is 12.2. The number of benzene rings is 2. The van der Waals surface area contributed by atoms with Crippen LogP contribution in [0.1, 0.15) is 5.56 Å². The zero-order chi connectivity index (χ0) is 22.1. The van der Waals surface area contributed by atoms with Crippen LogP contribution in [0.3, 0.4) is 0 Å². The van der Waals surface area contributed by atoms with E-state index in [1.165, 1.54) is 17.4 Å². The largest absolute Gasteiger partial charge is 0.377 e. The average molecular weight is 475 g/mol. The van der Waals surface area contributed by atoms with E-state index in [4.69, 9.17) is 4.74 Å². The molecule has 0 spiro atoms. The Kier molecular flexibility index (Phi) is 8.42. The van der Waals surface area contributed by atoms with Crippen molar-refractivity contribution in [1.29, 1.82) is 0 Å². The second-order valence-corrected chi connectivity index (χ2v) is 10.7. The smallest absolute Gasteiger partial charge is 0.239 e. The molecule has 31 heavy (non-hydrogen) atoms. The molecule has 0 fully saturated rings. The first-order valence-corrected chi connectivity index (χ1v) is 12.9. The molecular formula is C22H22N2O4S3. The van der Waals surface area contributed by atoms with Crippen LogP contribution in [0.15, 0.2) is 70.9 Å². The van der Waals surface area contributed by atoms with Crippen molar-refractivity contribution in [2.75, 3.05) is 30.0 Å². The summed E-state index contributed by atoms with van der Waals surface area (Å²) < 4.78 is 31.6. The van der Waals surface area contributed by atoms with Gasteiger partial charge in [0.15, 0.2) is 14.2 Å². The Morgan fingerprint density at radius 2 is 2.03 bits per heavy atom. The summed E-state index contributed by atoms with van der Waals surface area (Å²) in [4.78, 5) is 16.8. The van der Waals surface area contributed by atoms with E-state index in [0.29, 0.717) is 18.9 Å². The van der Waals surface area contributed by atoms with Crippen LogP contribution in [-0.4, -0.2) is 44.0 Å². The number of fused-ring (bicyclic) bond motifs is 1. The predicted molar refractivity (Wildman–Crippen MR) is 129 cm³/mol. The number of thioether (sulfide) groups is 1. The Hall–Kier alpha value is -2.46. The number of amides is 1. The van der Waals surface area contributed by atoms with E-state index in [-0.39, 0.29) is 0 Å². The fourth-order valence-electron chi connectivity index (χ4n) is 2.57. The zero-order valence-corrected chi connectivity index (χ0v) is 19.1. The van der Waals surface area contributed by atoms with Gasteiger partial charge in [0.25, 0.3) is 0 Å². The molecule has 2 aromatic carbocycles. The molecule has 0 unspecified atom stereocenters. The molecule has 0 aliphatic heterocycles. The van der Waals surface area contributed by atoms with Crippen molar-refractivity contribution >= 4 is 60.8 Å². The van der Waals surface area contributed by atoms with Crippen LogP contribution in [0.4, 0.5) is 5.69 Å². The molecule has 162 valence electrons. The van der Waals surface area contributed by atoms with E-state index in [1.54, 1.807) is 42.1 Å². The molecule has 1 N–H and O–H groups in total. The number of hydrogen-bond acceptors (Lipinski definition) is 7. The van der Waals surface area contributed by atoms with Gasteiger partial charge in [0.1, 0.15) is 5.75 Å². The molecule has 1 aromatic heterocycles. The number of anilines is 1. The molecule has 0 aliphatic rings. The monoisotopic (exact) mass is 474 g/mol. The van der Waals surface area contributed by atoms with Crippen LogP contribution in [0.2, 0.25) is 0 Å². The molecule has 0 saturated carbocycles. The van der Waals surface area contributed by atoms with Gasteiger partial charge >= 0.3 is 0 Å². The standard InChI is InChI=1S/C22H22N2O4S3/c1-2-11-28-12-13-29-22-24-19-9-8-18(15-20(19)30-22)23-21(25)16-31(26,27)14-10-17-6-4-3-5-7-17/h2-10,14-15H,1,11-13,16H2,(H,23,25). The summed E-state index contributed by atoms with van der Waals surface area (Å²) in [5, 5.41) is 3.72. The van der Waals surface area contributed by atoms with E-state index in [2.05, 4.69) is 16.9 Å². The summed E-state index contributed by atoms with van der Waals surface area (Å²) in [6, 6.07) is 14.4. The summed E-state index contributed by atoms with van der Waals surface area (Å²) in [5.41, 5.74) is 2.12. The summed E-state index contributed by atoms with van der Waals surface area (Å²) in [6.07, 6.45) is 3.19. The minimum absolute atomic E-state index is 0.529. The van der Waals surface area contributed by atoms with Gasteiger partial charge in [-0.1, -0.05) is 48.2 Å². The van der Waals surface area contributed by atoms with Gasteiger partial charge in [-0.3, -0.25) is 4.79 Å². The molecular weight excluding hydrogens is 452 g/mol. The molecule has 3 rings (SSSR count). The fourth-order valence-corrected chi connectivity index (χ4v) is 5.50. The van der Waals surface area contributed by atoms with Crippen LogP contribution in [-0.2, 0) is 19.4 Å². The van der Waals surface area contributed by atoms with Gasteiger partial charge in [-0.2, -0.15) is 0 Å². The highest BCUT2D eigenvalue weighted by Gasteiger charge is 2.14. The lowest BCUT2D eigenvalue weighted by Crippen LogP contribution is -2.21. The van der Waals surface area contributed by atoms with Crippen molar-refractivity contribution in [2.24, 2.45) is 0 Å². The Labute approximate surface area is 190 Å². The lowest BCUT2D eigenvalue weighted by molar-refractivity contribution is -0.113. The molecule has 3 aromatic rings. The fraction of sp³-hybridized carbons (Fsp3) is 0.182. The third kappa shape index (κ3) is 7.62. The molecule has 6 nitrogen and oxygen atoms in total. The van der Waals surface area contributed by atoms with E-state index in [0.717, 1.165) is 31.3 Å². The van der Waals surface area contributed by atoms with E-state index in [1.807, 2.05) is 24.3 Å². The molecule has 0 atom stereocenters. The number of carbonyl (C=O) groups is 1. The summed E-state index contributed by atoms with van der Waals surface area (Å²) in [5.74, 6) is -0.426. The van der Waals surface area contributed by atoms with Gasteiger partial charge in [0, 0.05) is 16.8 Å². The summed E-state index contributed by atoms with van der Waals surface area (Å²) in [6.45, 7) is 4.75. The van der Waals surface area contributed by atoms with Gasteiger partial charge in [0.2, 0.25) is 5.91 Å². The topological polar surface area (TPSA) is 85.4 Å². The Morgan fingerprint density at radius 1 is 1.23 bits per heavy atom. The second-order valence-electron chi connectivity index (χ2n) is 6.44. The van der Waals surface area contributed by atoms with Gasteiger partial charge in [0.05, 0.1) is 23.4 Å². The van der Waals surface area contributed by atoms with Crippen molar-refractivity contribution < 1.29 is 17.9 Å². The number of hydrogen-bond donors (Lipinski definition) is 1. The number of ether oxygens (including phenoxy) is 1. The van der Waals surface area contributed by atoms with Crippen molar-refractivity contribution in [2.45, 2.75) is 4.34 Å². The number of thiazole rings is 1. The third-order valence-electron chi connectivity index (χ3n) is 3.94. The Balaban J connectivity index is 1.57. The second kappa shape index (κ2) is 11.2. The van der Waals surface area contributed by atoms with Gasteiger partial charge in [-0.25, -0.2) is 13.4 Å².